The molecule has 0 spiro atoms. The first kappa shape index (κ1) is 20.1. The monoisotopic (exact) mass is 396 g/mol. The molecule has 0 radical (unpaired) electrons. The molecule has 8 atom stereocenters. The van der Waals surface area contributed by atoms with Crippen molar-refractivity contribution in [2.75, 3.05) is 6.61 Å². The van der Waals surface area contributed by atoms with Crippen molar-refractivity contribution in [3.05, 3.63) is 11.6 Å². The molecule has 4 aliphatic rings. The van der Waals surface area contributed by atoms with Gasteiger partial charge in [0.25, 0.3) is 0 Å². The zero-order chi connectivity index (χ0) is 20.7. The molecule has 3 saturated carbocycles. The lowest BCUT2D eigenvalue weighted by Gasteiger charge is -2.63. The third-order valence-corrected chi connectivity index (χ3v) is 8.83. The number of carbonyl (C=O) groups excluding carboxylic acids is 2. The number of aliphatic hydroxyl groups excluding tert-OH is 3. The average Bonchev–Trinajstić information content (AvgIpc) is 2.84. The van der Waals surface area contributed by atoms with Crippen LogP contribution in [0.2, 0.25) is 0 Å². The van der Waals surface area contributed by atoms with Crippen molar-refractivity contribution < 1.29 is 34.4 Å². The van der Waals surface area contributed by atoms with Crippen molar-refractivity contribution in [2.45, 2.75) is 75.9 Å². The zero-order valence-corrected chi connectivity index (χ0v) is 16.3. The van der Waals surface area contributed by atoms with Gasteiger partial charge in [0.2, 0.25) is 0 Å². The van der Waals surface area contributed by atoms with Gasteiger partial charge in [-0.1, -0.05) is 19.4 Å². The number of ketones is 2. The van der Waals surface area contributed by atoms with Crippen molar-refractivity contribution >= 4 is 11.6 Å². The summed E-state index contributed by atoms with van der Waals surface area (Å²) in [6.45, 7) is 2.45. The molecule has 4 aliphatic carbocycles. The van der Waals surface area contributed by atoms with Crippen LogP contribution in [0.3, 0.4) is 0 Å². The van der Waals surface area contributed by atoms with E-state index < -0.39 is 58.5 Å². The fraction of sp³-hybridized carbons (Fsp3) is 0.810. The molecule has 0 heterocycles. The standard InChI is InChI=1S/C21H29FO6/c1-18-6-5-12(24)7-11(18)3-4-13-14-8-15(25)21(28,17(27)10-23)19(14,2)9-16(26)20(13,18)22/h7,13-16,23,25-26,28H,3-6,8-10H2,1-2H3/t13-,14-,15+,16+,18-,19-,20-,21-/m0/s1. The van der Waals surface area contributed by atoms with Crippen LogP contribution in [0.4, 0.5) is 4.39 Å². The van der Waals surface area contributed by atoms with Gasteiger partial charge in [-0.15, -0.1) is 0 Å². The summed E-state index contributed by atoms with van der Waals surface area (Å²) in [6, 6.07) is 0. The minimum atomic E-state index is -2.21. The Morgan fingerprint density at radius 1 is 1.21 bits per heavy atom. The highest BCUT2D eigenvalue weighted by atomic mass is 19.1. The highest BCUT2D eigenvalue weighted by Gasteiger charge is 2.76. The van der Waals surface area contributed by atoms with Crippen LogP contribution in [0.25, 0.3) is 0 Å². The highest BCUT2D eigenvalue weighted by Crippen LogP contribution is 2.70. The number of alkyl halides is 1. The normalized spacial score (nSPS) is 53.1. The molecule has 6 nitrogen and oxygen atoms in total. The Labute approximate surface area is 163 Å². The number of Topliss-reactive ketones (excluding diaryl/α,β-unsaturated/α-hetero) is 1. The smallest absolute Gasteiger partial charge is 0.192 e. The van der Waals surface area contributed by atoms with Gasteiger partial charge >= 0.3 is 0 Å². The molecule has 0 aliphatic heterocycles. The van der Waals surface area contributed by atoms with E-state index in [0.717, 1.165) is 5.57 Å². The number of rotatable bonds is 2. The molecule has 28 heavy (non-hydrogen) atoms. The van der Waals surface area contributed by atoms with Crippen LogP contribution in [0, 0.1) is 22.7 Å². The molecule has 0 amide bonds. The van der Waals surface area contributed by atoms with E-state index in [9.17, 15) is 30.0 Å². The van der Waals surface area contributed by atoms with E-state index in [1.165, 1.54) is 6.08 Å². The summed E-state index contributed by atoms with van der Waals surface area (Å²) in [5.74, 6) is -2.10. The average molecular weight is 396 g/mol. The first-order chi connectivity index (χ1) is 13.0. The number of carbonyl (C=O) groups is 2. The van der Waals surface area contributed by atoms with Crippen LogP contribution in [-0.2, 0) is 9.59 Å². The van der Waals surface area contributed by atoms with E-state index in [4.69, 9.17) is 0 Å². The van der Waals surface area contributed by atoms with Crippen molar-refractivity contribution in [3.8, 4) is 0 Å². The van der Waals surface area contributed by atoms with Crippen LogP contribution in [0.5, 0.6) is 0 Å². The Morgan fingerprint density at radius 2 is 1.89 bits per heavy atom. The molecule has 4 rings (SSSR count). The summed E-state index contributed by atoms with van der Waals surface area (Å²) in [5.41, 5.74) is -5.72. The number of halogens is 1. The predicted octanol–water partition coefficient (Wildman–Crippen LogP) is 0.844. The van der Waals surface area contributed by atoms with Crippen molar-refractivity contribution in [1.29, 1.82) is 0 Å². The first-order valence-electron chi connectivity index (χ1n) is 10.1. The second-order valence-electron chi connectivity index (χ2n) is 9.72. The van der Waals surface area contributed by atoms with Gasteiger partial charge in [-0.2, -0.15) is 0 Å². The first-order valence-corrected chi connectivity index (χ1v) is 10.1. The van der Waals surface area contributed by atoms with Gasteiger partial charge < -0.3 is 20.4 Å². The topological polar surface area (TPSA) is 115 Å². The van der Waals surface area contributed by atoms with Crippen LogP contribution in [0.1, 0.15) is 52.4 Å². The van der Waals surface area contributed by atoms with Crippen LogP contribution in [-0.4, -0.2) is 62.1 Å². The molecule has 0 aromatic rings. The molecule has 4 N–H and O–H groups in total. The quantitative estimate of drug-likeness (QED) is 0.550. The largest absolute Gasteiger partial charge is 0.390 e. The Hall–Kier alpha value is -1.15. The van der Waals surface area contributed by atoms with E-state index in [0.29, 0.717) is 19.3 Å². The van der Waals surface area contributed by atoms with Crippen molar-refractivity contribution in [2.24, 2.45) is 22.7 Å². The Bertz CT molecular complexity index is 766. The predicted molar refractivity (Wildman–Crippen MR) is 96.9 cm³/mol. The maximum absolute atomic E-state index is 16.8. The molecule has 156 valence electrons. The fourth-order valence-corrected chi connectivity index (χ4v) is 7.21. The highest BCUT2D eigenvalue weighted by molar-refractivity contribution is 5.92. The number of hydrogen-bond acceptors (Lipinski definition) is 6. The lowest BCUT2D eigenvalue weighted by molar-refractivity contribution is -0.230. The second-order valence-corrected chi connectivity index (χ2v) is 9.72. The minimum Gasteiger partial charge on any atom is -0.390 e. The van der Waals surface area contributed by atoms with Gasteiger partial charge in [0.05, 0.1) is 12.2 Å². The van der Waals surface area contributed by atoms with Gasteiger partial charge in [-0.3, -0.25) is 9.59 Å². The van der Waals surface area contributed by atoms with E-state index in [2.05, 4.69) is 0 Å². The van der Waals surface area contributed by atoms with Gasteiger partial charge in [0.1, 0.15) is 12.3 Å². The van der Waals surface area contributed by atoms with E-state index >= 15 is 4.39 Å². The van der Waals surface area contributed by atoms with Gasteiger partial charge in [0.15, 0.2) is 17.2 Å². The Kier molecular flexibility index (Phi) is 4.27. The van der Waals surface area contributed by atoms with Crippen LogP contribution >= 0.6 is 0 Å². The molecule has 3 fully saturated rings. The minimum absolute atomic E-state index is 0.0242. The third kappa shape index (κ3) is 2.06. The Balaban J connectivity index is 1.83. The maximum atomic E-state index is 16.8. The second kappa shape index (κ2) is 5.94. The third-order valence-electron chi connectivity index (χ3n) is 8.83. The van der Waals surface area contributed by atoms with Crippen LogP contribution in [0.15, 0.2) is 11.6 Å². The molecule has 0 bridgehead atoms. The van der Waals surface area contributed by atoms with Gasteiger partial charge in [-0.05, 0) is 44.1 Å². The summed E-state index contributed by atoms with van der Waals surface area (Å²) >= 11 is 0. The van der Waals surface area contributed by atoms with Crippen molar-refractivity contribution in [1.82, 2.24) is 0 Å². The van der Waals surface area contributed by atoms with E-state index in [1.54, 1.807) is 13.8 Å². The summed E-state index contributed by atoms with van der Waals surface area (Å²) in [7, 11) is 0. The number of fused-ring (bicyclic) bond motifs is 5. The van der Waals surface area contributed by atoms with Crippen LogP contribution < -0.4 is 0 Å². The summed E-state index contributed by atoms with van der Waals surface area (Å²) in [4.78, 5) is 24.3. The molecule has 0 aromatic carbocycles. The molecule has 0 unspecified atom stereocenters. The summed E-state index contributed by atoms with van der Waals surface area (Å²) < 4.78 is 16.8. The number of hydrogen-bond donors (Lipinski definition) is 4. The zero-order valence-electron chi connectivity index (χ0n) is 16.3. The SMILES string of the molecule is C[C@]12CCC(=O)C=C1CC[C@H]1[C@@H]3C[C@@H](O)[C@](O)(C(=O)CO)[C@@]3(C)C[C@@H](O)[C@@]12F. The fourth-order valence-electron chi connectivity index (χ4n) is 7.21. The number of allylic oxidation sites excluding steroid dienone is 1. The van der Waals surface area contributed by atoms with Gasteiger partial charge in [-0.25, -0.2) is 4.39 Å². The molecule has 0 saturated heterocycles. The molecule has 0 aromatic heterocycles. The summed E-state index contributed by atoms with van der Waals surface area (Å²) in [6.07, 6.45) is -0.0824. The van der Waals surface area contributed by atoms with Gasteiger partial charge in [0, 0.05) is 23.2 Å². The lowest BCUT2D eigenvalue weighted by Crippen LogP contribution is -2.70. The van der Waals surface area contributed by atoms with E-state index in [-0.39, 0.29) is 25.0 Å². The maximum Gasteiger partial charge on any atom is 0.192 e. The molecular formula is C21H29FO6. The summed E-state index contributed by atoms with van der Waals surface area (Å²) in [5, 5.41) is 42.2. The van der Waals surface area contributed by atoms with Crippen molar-refractivity contribution in [3.63, 3.8) is 0 Å². The molecule has 7 heteroatoms. The molecular weight excluding hydrogens is 367 g/mol. The van der Waals surface area contributed by atoms with E-state index in [1.807, 2.05) is 0 Å². The Morgan fingerprint density at radius 3 is 2.54 bits per heavy atom. The lowest BCUT2D eigenvalue weighted by atomic mass is 9.44. The number of aliphatic hydroxyl groups is 4.